The molecule has 2 aromatic rings. The van der Waals surface area contributed by atoms with Gasteiger partial charge in [0.1, 0.15) is 24.4 Å². The van der Waals surface area contributed by atoms with Gasteiger partial charge in [-0.15, -0.1) is 0 Å². The van der Waals surface area contributed by atoms with Crippen LogP contribution in [0, 0.1) is 0 Å². The van der Waals surface area contributed by atoms with Crippen molar-refractivity contribution in [1.82, 2.24) is 20.1 Å². The van der Waals surface area contributed by atoms with Crippen molar-refractivity contribution >= 4 is 5.96 Å². The van der Waals surface area contributed by atoms with Gasteiger partial charge in [-0.25, -0.2) is 14.7 Å². The van der Waals surface area contributed by atoms with Crippen LogP contribution in [0.4, 0.5) is 0 Å². The summed E-state index contributed by atoms with van der Waals surface area (Å²) in [6, 6.07) is 8.11. The fraction of sp³-hybridized carbons (Fsp3) is 0.471. The number of guanidine groups is 1. The molecule has 1 aliphatic rings. The zero-order valence-corrected chi connectivity index (χ0v) is 14.4. The highest BCUT2D eigenvalue weighted by Gasteiger charge is 2.21. The van der Waals surface area contributed by atoms with Gasteiger partial charge in [0.05, 0.1) is 18.2 Å². The average molecular weight is 328 g/mol. The Hall–Kier alpha value is -2.57. The van der Waals surface area contributed by atoms with Gasteiger partial charge in [-0.3, -0.25) is 0 Å². The first-order chi connectivity index (χ1) is 11.4. The third-order valence-corrected chi connectivity index (χ3v) is 3.93. The third kappa shape index (κ3) is 3.50. The highest BCUT2D eigenvalue weighted by atomic mass is 16.5. The molecule has 0 saturated carbocycles. The van der Waals surface area contributed by atoms with Crippen LogP contribution in [-0.2, 0) is 12.1 Å². The van der Waals surface area contributed by atoms with Gasteiger partial charge >= 0.3 is 0 Å². The van der Waals surface area contributed by atoms with Crippen LogP contribution in [0.15, 0.2) is 35.6 Å². The summed E-state index contributed by atoms with van der Waals surface area (Å²) in [6.45, 7) is 7.29. The molecule has 0 aliphatic carbocycles. The molecule has 0 fully saturated rings. The first-order valence-corrected chi connectivity index (χ1v) is 8.13. The summed E-state index contributed by atoms with van der Waals surface area (Å²) in [4.78, 5) is 8.71. The van der Waals surface area contributed by atoms with Crippen molar-refractivity contribution < 1.29 is 4.74 Å². The lowest BCUT2D eigenvalue weighted by molar-refractivity contribution is 0.262. The number of hydrogen-bond acceptors (Lipinski definition) is 4. The average Bonchev–Trinajstić information content (AvgIpc) is 3.02. The van der Waals surface area contributed by atoms with Gasteiger partial charge < -0.3 is 15.8 Å². The number of ether oxygens (including phenoxy) is 1. The Kier molecular flexibility index (Phi) is 4.42. The van der Waals surface area contributed by atoms with E-state index in [4.69, 9.17) is 10.5 Å². The molecular formula is C17H24N6O. The van der Waals surface area contributed by atoms with Crippen LogP contribution in [0.5, 0.6) is 5.75 Å². The molecule has 7 nitrogen and oxygen atoms in total. The predicted octanol–water partition coefficient (Wildman–Crippen LogP) is 1.96. The number of nitrogens with two attached hydrogens (primary N) is 1. The lowest BCUT2D eigenvalue weighted by Gasteiger charge is -2.27. The molecule has 128 valence electrons. The Labute approximate surface area is 141 Å². The molecule has 0 radical (unpaired) electrons. The van der Waals surface area contributed by atoms with Crippen LogP contribution in [0.1, 0.15) is 44.6 Å². The normalized spacial score (nSPS) is 18.0. The number of benzene rings is 1. The van der Waals surface area contributed by atoms with Crippen molar-refractivity contribution in [3.63, 3.8) is 0 Å². The Bertz CT molecular complexity index is 731. The predicted molar refractivity (Wildman–Crippen MR) is 92.8 cm³/mol. The molecule has 1 aromatic heterocycles. The SMILES string of the molecule is CC(C)(C)n1ncnc1CN=C(N)NC1CCOc2ccccc21. The fourth-order valence-corrected chi connectivity index (χ4v) is 2.81. The molecule has 1 aliphatic heterocycles. The van der Waals surface area contributed by atoms with Crippen LogP contribution in [0.3, 0.4) is 0 Å². The van der Waals surface area contributed by atoms with Crippen molar-refractivity contribution in [1.29, 1.82) is 0 Å². The molecule has 24 heavy (non-hydrogen) atoms. The minimum absolute atomic E-state index is 0.110. The first-order valence-electron chi connectivity index (χ1n) is 8.13. The standard InChI is InChI=1S/C17H24N6O/c1-17(2,3)23-15(20-11-21-23)10-19-16(18)22-13-8-9-24-14-7-5-4-6-12(13)14/h4-7,11,13H,8-10H2,1-3H3,(H3,18,19,22). The second kappa shape index (κ2) is 6.51. The summed E-state index contributed by atoms with van der Waals surface area (Å²) in [6.07, 6.45) is 2.40. The molecular weight excluding hydrogens is 304 g/mol. The third-order valence-electron chi connectivity index (χ3n) is 3.93. The fourth-order valence-electron chi connectivity index (χ4n) is 2.81. The van der Waals surface area contributed by atoms with E-state index in [2.05, 4.69) is 47.2 Å². The first kappa shape index (κ1) is 16.3. The highest BCUT2D eigenvalue weighted by Crippen LogP contribution is 2.31. The monoisotopic (exact) mass is 328 g/mol. The number of hydrogen-bond donors (Lipinski definition) is 2. The lowest BCUT2D eigenvalue weighted by Crippen LogP contribution is -2.37. The van der Waals surface area contributed by atoms with Crippen molar-refractivity contribution in [2.24, 2.45) is 10.7 Å². The van der Waals surface area contributed by atoms with E-state index in [0.29, 0.717) is 19.1 Å². The van der Waals surface area contributed by atoms with Crippen LogP contribution >= 0.6 is 0 Å². The molecule has 0 saturated heterocycles. The molecule has 1 atom stereocenters. The maximum Gasteiger partial charge on any atom is 0.189 e. The van der Waals surface area contributed by atoms with E-state index in [0.717, 1.165) is 23.6 Å². The zero-order valence-electron chi connectivity index (χ0n) is 14.4. The van der Waals surface area contributed by atoms with Crippen molar-refractivity contribution in [3.05, 3.63) is 42.0 Å². The van der Waals surface area contributed by atoms with E-state index >= 15 is 0 Å². The Morgan fingerprint density at radius 2 is 2.21 bits per heavy atom. The molecule has 2 heterocycles. The number of fused-ring (bicyclic) bond motifs is 1. The van der Waals surface area contributed by atoms with E-state index in [1.54, 1.807) is 6.33 Å². The second-order valence-corrected chi connectivity index (χ2v) is 6.83. The molecule has 3 N–H and O–H groups in total. The lowest BCUT2D eigenvalue weighted by atomic mass is 10.0. The van der Waals surface area contributed by atoms with Crippen LogP contribution < -0.4 is 15.8 Å². The topological polar surface area (TPSA) is 90.4 Å². The smallest absolute Gasteiger partial charge is 0.189 e. The van der Waals surface area contributed by atoms with Crippen LogP contribution in [-0.4, -0.2) is 27.3 Å². The van der Waals surface area contributed by atoms with Crippen molar-refractivity contribution in [2.45, 2.75) is 45.3 Å². The molecule has 0 bridgehead atoms. The minimum Gasteiger partial charge on any atom is -0.493 e. The van der Waals surface area contributed by atoms with E-state index in [9.17, 15) is 0 Å². The highest BCUT2D eigenvalue weighted by molar-refractivity contribution is 5.78. The van der Waals surface area contributed by atoms with E-state index in [1.165, 1.54) is 0 Å². The largest absolute Gasteiger partial charge is 0.493 e. The molecule has 7 heteroatoms. The summed E-state index contributed by atoms with van der Waals surface area (Å²) >= 11 is 0. The summed E-state index contributed by atoms with van der Waals surface area (Å²) < 4.78 is 7.53. The van der Waals surface area contributed by atoms with Gasteiger partial charge in [0, 0.05) is 12.0 Å². The number of para-hydroxylation sites is 1. The van der Waals surface area contributed by atoms with Gasteiger partial charge in [-0.1, -0.05) is 18.2 Å². The number of aromatic nitrogens is 3. The molecule has 1 aromatic carbocycles. The number of aliphatic imine (C=N–C) groups is 1. The maximum absolute atomic E-state index is 6.08. The summed E-state index contributed by atoms with van der Waals surface area (Å²) in [5, 5.41) is 7.56. The maximum atomic E-state index is 6.08. The van der Waals surface area contributed by atoms with Gasteiger partial charge in [-0.05, 0) is 26.8 Å². The Morgan fingerprint density at radius 1 is 1.42 bits per heavy atom. The number of nitrogens with one attached hydrogen (secondary N) is 1. The van der Waals surface area contributed by atoms with Crippen molar-refractivity contribution in [2.75, 3.05) is 6.61 Å². The van der Waals surface area contributed by atoms with E-state index in [-0.39, 0.29) is 11.6 Å². The molecule has 3 rings (SSSR count). The molecule has 0 spiro atoms. The van der Waals surface area contributed by atoms with Gasteiger partial charge in [0.25, 0.3) is 0 Å². The van der Waals surface area contributed by atoms with Crippen LogP contribution in [0.2, 0.25) is 0 Å². The Balaban J connectivity index is 1.69. The van der Waals surface area contributed by atoms with Gasteiger partial charge in [0.2, 0.25) is 0 Å². The van der Waals surface area contributed by atoms with Gasteiger partial charge in [-0.2, -0.15) is 5.10 Å². The second-order valence-electron chi connectivity index (χ2n) is 6.83. The number of nitrogens with zero attached hydrogens (tertiary/aromatic N) is 4. The van der Waals surface area contributed by atoms with Crippen LogP contribution in [0.25, 0.3) is 0 Å². The molecule has 1 unspecified atom stereocenters. The minimum atomic E-state index is -0.136. The number of rotatable bonds is 3. The zero-order chi connectivity index (χ0) is 17.2. The Morgan fingerprint density at radius 3 is 3.00 bits per heavy atom. The summed E-state index contributed by atoms with van der Waals surface area (Å²) in [5.74, 6) is 2.10. The molecule has 0 amide bonds. The van der Waals surface area contributed by atoms with E-state index < -0.39 is 0 Å². The summed E-state index contributed by atoms with van der Waals surface area (Å²) in [7, 11) is 0. The quantitative estimate of drug-likeness (QED) is 0.664. The van der Waals surface area contributed by atoms with E-state index in [1.807, 2.05) is 22.9 Å². The van der Waals surface area contributed by atoms with Gasteiger partial charge in [0.15, 0.2) is 5.96 Å². The summed E-state index contributed by atoms with van der Waals surface area (Å²) in [5.41, 5.74) is 7.05. The van der Waals surface area contributed by atoms with Crippen molar-refractivity contribution in [3.8, 4) is 5.75 Å².